The predicted molar refractivity (Wildman–Crippen MR) is 76.5 cm³/mol. The van der Waals surface area contributed by atoms with E-state index in [-0.39, 0.29) is 6.04 Å². The lowest BCUT2D eigenvalue weighted by atomic mass is 10.00. The van der Waals surface area contributed by atoms with Crippen molar-refractivity contribution >= 4 is 11.3 Å². The highest BCUT2D eigenvalue weighted by Crippen LogP contribution is 2.27. The number of hydrazine groups is 1. The SMILES string of the molecule is Cc1nc(C)c(C(Cc2ccccc2C)NN)s1. The Morgan fingerprint density at radius 2 is 2.00 bits per heavy atom. The summed E-state index contributed by atoms with van der Waals surface area (Å²) in [5.74, 6) is 5.71. The van der Waals surface area contributed by atoms with Gasteiger partial charge in [0.2, 0.25) is 0 Å². The number of nitrogens with two attached hydrogens (primary N) is 1. The van der Waals surface area contributed by atoms with Crippen molar-refractivity contribution in [1.82, 2.24) is 10.4 Å². The van der Waals surface area contributed by atoms with E-state index in [9.17, 15) is 0 Å². The summed E-state index contributed by atoms with van der Waals surface area (Å²) in [7, 11) is 0. The molecule has 0 fully saturated rings. The lowest BCUT2D eigenvalue weighted by Gasteiger charge is -2.16. The van der Waals surface area contributed by atoms with E-state index < -0.39 is 0 Å². The van der Waals surface area contributed by atoms with Gasteiger partial charge in [-0.15, -0.1) is 11.3 Å². The van der Waals surface area contributed by atoms with Crippen LogP contribution in [-0.2, 0) is 6.42 Å². The molecule has 0 spiro atoms. The summed E-state index contributed by atoms with van der Waals surface area (Å²) in [5, 5.41) is 1.09. The van der Waals surface area contributed by atoms with E-state index in [1.165, 1.54) is 16.0 Å². The van der Waals surface area contributed by atoms with Gasteiger partial charge in [0.1, 0.15) is 0 Å². The molecule has 0 aliphatic carbocycles. The zero-order chi connectivity index (χ0) is 13.1. The Hall–Kier alpha value is -1.23. The lowest BCUT2D eigenvalue weighted by molar-refractivity contribution is 0.556. The Kier molecular flexibility index (Phi) is 4.11. The van der Waals surface area contributed by atoms with Gasteiger partial charge in [0, 0.05) is 4.88 Å². The molecular formula is C14H19N3S. The molecule has 2 aromatic rings. The number of hydrogen-bond donors (Lipinski definition) is 2. The molecule has 0 amide bonds. The average molecular weight is 261 g/mol. The maximum absolute atomic E-state index is 5.71. The zero-order valence-electron chi connectivity index (χ0n) is 11.0. The number of hydrogen-bond acceptors (Lipinski definition) is 4. The Labute approximate surface area is 112 Å². The van der Waals surface area contributed by atoms with E-state index in [1.54, 1.807) is 11.3 Å². The first-order chi connectivity index (χ1) is 8.61. The summed E-state index contributed by atoms with van der Waals surface area (Å²) >= 11 is 1.72. The quantitative estimate of drug-likeness (QED) is 0.657. The molecule has 3 nitrogen and oxygen atoms in total. The third-order valence-electron chi connectivity index (χ3n) is 3.14. The van der Waals surface area contributed by atoms with Crippen LogP contribution in [0.5, 0.6) is 0 Å². The van der Waals surface area contributed by atoms with Crippen molar-refractivity contribution in [2.24, 2.45) is 5.84 Å². The van der Waals surface area contributed by atoms with Crippen LogP contribution in [0.15, 0.2) is 24.3 Å². The molecule has 2 rings (SSSR count). The maximum Gasteiger partial charge on any atom is 0.0900 e. The summed E-state index contributed by atoms with van der Waals surface area (Å²) in [6.07, 6.45) is 0.894. The van der Waals surface area contributed by atoms with Crippen LogP contribution in [0.4, 0.5) is 0 Å². The molecule has 96 valence electrons. The fraction of sp³-hybridized carbons (Fsp3) is 0.357. The number of aryl methyl sites for hydroxylation is 3. The molecule has 1 unspecified atom stereocenters. The van der Waals surface area contributed by atoms with Crippen LogP contribution in [0, 0.1) is 20.8 Å². The van der Waals surface area contributed by atoms with Crippen LogP contribution in [-0.4, -0.2) is 4.98 Å². The van der Waals surface area contributed by atoms with Crippen LogP contribution in [0.25, 0.3) is 0 Å². The molecule has 1 atom stereocenters. The lowest BCUT2D eigenvalue weighted by Crippen LogP contribution is -2.29. The first kappa shape index (κ1) is 13.2. The molecule has 0 aliphatic heterocycles. The molecule has 3 N–H and O–H groups in total. The molecule has 4 heteroatoms. The number of nitrogens with one attached hydrogen (secondary N) is 1. The van der Waals surface area contributed by atoms with E-state index in [2.05, 4.69) is 41.6 Å². The number of rotatable bonds is 4. The second kappa shape index (κ2) is 5.61. The third-order valence-corrected chi connectivity index (χ3v) is 4.33. The highest BCUT2D eigenvalue weighted by atomic mass is 32.1. The first-order valence-corrected chi connectivity index (χ1v) is 6.88. The highest BCUT2D eigenvalue weighted by Gasteiger charge is 2.17. The van der Waals surface area contributed by atoms with Gasteiger partial charge >= 0.3 is 0 Å². The van der Waals surface area contributed by atoms with E-state index in [1.807, 2.05) is 13.8 Å². The van der Waals surface area contributed by atoms with Crippen molar-refractivity contribution in [2.75, 3.05) is 0 Å². The second-order valence-corrected chi connectivity index (χ2v) is 5.77. The normalized spacial score (nSPS) is 12.7. The van der Waals surface area contributed by atoms with Gasteiger partial charge < -0.3 is 0 Å². The van der Waals surface area contributed by atoms with E-state index in [0.717, 1.165) is 17.1 Å². The van der Waals surface area contributed by atoms with Gasteiger partial charge in [-0.2, -0.15) is 0 Å². The number of aromatic nitrogens is 1. The van der Waals surface area contributed by atoms with Gasteiger partial charge in [-0.1, -0.05) is 24.3 Å². The fourth-order valence-electron chi connectivity index (χ4n) is 2.16. The molecule has 0 saturated heterocycles. The van der Waals surface area contributed by atoms with Crippen molar-refractivity contribution in [3.05, 3.63) is 51.0 Å². The monoisotopic (exact) mass is 261 g/mol. The van der Waals surface area contributed by atoms with Crippen LogP contribution < -0.4 is 11.3 Å². The Balaban J connectivity index is 2.25. The number of nitrogens with zero attached hydrogens (tertiary/aromatic N) is 1. The summed E-state index contributed by atoms with van der Waals surface area (Å²) in [6.45, 7) is 6.21. The molecule has 0 radical (unpaired) electrons. The largest absolute Gasteiger partial charge is 0.271 e. The van der Waals surface area contributed by atoms with Crippen LogP contribution >= 0.6 is 11.3 Å². The van der Waals surface area contributed by atoms with Gasteiger partial charge in [-0.25, -0.2) is 4.98 Å². The summed E-state index contributed by atoms with van der Waals surface area (Å²) < 4.78 is 0. The third kappa shape index (κ3) is 2.77. The minimum Gasteiger partial charge on any atom is -0.271 e. The van der Waals surface area contributed by atoms with E-state index >= 15 is 0 Å². The molecular weight excluding hydrogens is 242 g/mol. The summed E-state index contributed by atoms with van der Waals surface area (Å²) in [5.41, 5.74) is 6.62. The number of thiazole rings is 1. The topological polar surface area (TPSA) is 50.9 Å². The van der Waals surface area contributed by atoms with E-state index in [0.29, 0.717) is 0 Å². The molecule has 0 saturated carbocycles. The highest BCUT2D eigenvalue weighted by molar-refractivity contribution is 7.11. The maximum atomic E-state index is 5.71. The van der Waals surface area contributed by atoms with Crippen LogP contribution in [0.1, 0.15) is 32.7 Å². The number of benzene rings is 1. The van der Waals surface area contributed by atoms with Gasteiger partial charge in [-0.3, -0.25) is 11.3 Å². The van der Waals surface area contributed by atoms with Crippen molar-refractivity contribution in [2.45, 2.75) is 33.2 Å². The van der Waals surface area contributed by atoms with Gasteiger partial charge in [-0.05, 0) is 38.3 Å². The Morgan fingerprint density at radius 3 is 2.56 bits per heavy atom. The van der Waals surface area contributed by atoms with Crippen LogP contribution in [0.2, 0.25) is 0 Å². The van der Waals surface area contributed by atoms with Crippen molar-refractivity contribution < 1.29 is 0 Å². The van der Waals surface area contributed by atoms with Crippen molar-refractivity contribution in [3.8, 4) is 0 Å². The minimum absolute atomic E-state index is 0.136. The molecule has 0 bridgehead atoms. The molecule has 1 heterocycles. The van der Waals surface area contributed by atoms with Gasteiger partial charge in [0.25, 0.3) is 0 Å². The summed E-state index contributed by atoms with van der Waals surface area (Å²) in [4.78, 5) is 5.70. The predicted octanol–water partition coefficient (Wildman–Crippen LogP) is 2.82. The average Bonchev–Trinajstić information content (AvgIpc) is 2.67. The van der Waals surface area contributed by atoms with Crippen molar-refractivity contribution in [1.29, 1.82) is 0 Å². The molecule has 18 heavy (non-hydrogen) atoms. The standard InChI is InChI=1S/C14H19N3S/c1-9-6-4-5-7-12(9)8-13(17-15)14-10(2)16-11(3)18-14/h4-7,13,17H,8,15H2,1-3H3. The van der Waals surface area contributed by atoms with Gasteiger partial charge in [0.15, 0.2) is 0 Å². The molecule has 1 aromatic carbocycles. The van der Waals surface area contributed by atoms with Crippen molar-refractivity contribution in [3.63, 3.8) is 0 Å². The Bertz CT molecular complexity index is 534. The minimum atomic E-state index is 0.136. The Morgan fingerprint density at radius 1 is 1.28 bits per heavy atom. The second-order valence-electron chi connectivity index (χ2n) is 4.53. The zero-order valence-corrected chi connectivity index (χ0v) is 11.8. The molecule has 0 aliphatic rings. The summed E-state index contributed by atoms with van der Waals surface area (Å²) in [6, 6.07) is 8.56. The fourth-order valence-corrected chi connectivity index (χ4v) is 3.14. The smallest absolute Gasteiger partial charge is 0.0900 e. The molecule has 1 aromatic heterocycles. The van der Waals surface area contributed by atoms with Crippen LogP contribution in [0.3, 0.4) is 0 Å². The van der Waals surface area contributed by atoms with Gasteiger partial charge in [0.05, 0.1) is 16.7 Å². The van der Waals surface area contributed by atoms with E-state index in [4.69, 9.17) is 5.84 Å². The first-order valence-electron chi connectivity index (χ1n) is 6.06.